The fourth-order valence-electron chi connectivity index (χ4n) is 1.79. The molecular formula is C11H23N3O. The van der Waals surface area contributed by atoms with Crippen LogP contribution < -0.4 is 5.32 Å². The average Bonchev–Trinajstić information content (AvgIpc) is 2.75. The molecule has 1 saturated heterocycles. The van der Waals surface area contributed by atoms with E-state index >= 15 is 0 Å². The summed E-state index contributed by atoms with van der Waals surface area (Å²) in [6.07, 6.45) is 2.63. The van der Waals surface area contributed by atoms with E-state index in [1.165, 1.54) is 25.9 Å². The van der Waals surface area contributed by atoms with Gasteiger partial charge in [0.1, 0.15) is 0 Å². The zero-order valence-electron chi connectivity index (χ0n) is 9.96. The van der Waals surface area contributed by atoms with Crippen LogP contribution in [0.3, 0.4) is 0 Å². The molecule has 88 valence electrons. The van der Waals surface area contributed by atoms with Crippen LogP contribution in [-0.2, 0) is 4.79 Å². The predicted molar refractivity (Wildman–Crippen MR) is 61.9 cm³/mol. The normalized spacial score (nSPS) is 16.9. The highest BCUT2D eigenvalue weighted by molar-refractivity contribution is 5.77. The van der Waals surface area contributed by atoms with Gasteiger partial charge in [0.05, 0.1) is 6.54 Å². The molecular weight excluding hydrogens is 190 g/mol. The molecule has 1 aliphatic heterocycles. The van der Waals surface area contributed by atoms with Crippen LogP contribution in [-0.4, -0.2) is 62.0 Å². The zero-order chi connectivity index (χ0) is 11.1. The maximum Gasteiger partial charge on any atom is 0.236 e. The maximum atomic E-state index is 11.6. The minimum Gasteiger partial charge on any atom is -0.343 e. The minimum absolute atomic E-state index is 0.191. The number of carbonyl (C=O) groups is 1. The van der Waals surface area contributed by atoms with Crippen LogP contribution in [0.2, 0.25) is 0 Å². The quantitative estimate of drug-likeness (QED) is 0.682. The number of likely N-dealkylation sites (tertiary alicyclic amines) is 1. The second-order valence-electron chi connectivity index (χ2n) is 4.14. The monoisotopic (exact) mass is 213 g/mol. The molecule has 0 aromatic rings. The van der Waals surface area contributed by atoms with Gasteiger partial charge in [-0.3, -0.25) is 4.79 Å². The summed E-state index contributed by atoms with van der Waals surface area (Å²) in [7, 11) is 1.88. The topological polar surface area (TPSA) is 35.6 Å². The van der Waals surface area contributed by atoms with Crippen LogP contribution in [0.4, 0.5) is 0 Å². The van der Waals surface area contributed by atoms with Gasteiger partial charge in [0.15, 0.2) is 0 Å². The molecule has 0 spiro atoms. The molecule has 0 aliphatic carbocycles. The lowest BCUT2D eigenvalue weighted by atomic mass is 10.4. The van der Waals surface area contributed by atoms with Crippen LogP contribution in [0.5, 0.6) is 0 Å². The van der Waals surface area contributed by atoms with Gasteiger partial charge in [0, 0.05) is 20.1 Å². The van der Waals surface area contributed by atoms with Crippen molar-refractivity contribution in [3.8, 4) is 0 Å². The van der Waals surface area contributed by atoms with Gasteiger partial charge in [0.2, 0.25) is 5.91 Å². The fourth-order valence-corrected chi connectivity index (χ4v) is 1.79. The number of nitrogens with one attached hydrogen (secondary N) is 1. The number of carbonyl (C=O) groups excluding carboxylic acids is 1. The molecule has 0 saturated carbocycles. The van der Waals surface area contributed by atoms with Crippen molar-refractivity contribution in [2.24, 2.45) is 0 Å². The summed E-state index contributed by atoms with van der Waals surface area (Å²) >= 11 is 0. The summed E-state index contributed by atoms with van der Waals surface area (Å²) in [6, 6.07) is 0. The highest BCUT2D eigenvalue weighted by Gasteiger charge is 2.13. The molecule has 0 aromatic heterocycles. The summed E-state index contributed by atoms with van der Waals surface area (Å²) in [6.45, 7) is 7.61. The third-order valence-corrected chi connectivity index (χ3v) is 2.90. The molecule has 1 N–H and O–H groups in total. The Bertz CT molecular complexity index is 190. The van der Waals surface area contributed by atoms with Gasteiger partial charge < -0.3 is 15.1 Å². The van der Waals surface area contributed by atoms with Gasteiger partial charge in [0.25, 0.3) is 0 Å². The van der Waals surface area contributed by atoms with Crippen molar-refractivity contribution in [1.82, 2.24) is 15.1 Å². The second-order valence-corrected chi connectivity index (χ2v) is 4.14. The van der Waals surface area contributed by atoms with E-state index in [0.29, 0.717) is 6.54 Å². The Kier molecular flexibility index (Phi) is 5.65. The van der Waals surface area contributed by atoms with Crippen molar-refractivity contribution in [2.75, 3.05) is 46.3 Å². The standard InChI is InChI=1S/C11H23N3O/c1-3-12-10-11(15)13(2)8-9-14-6-4-5-7-14/h12H,3-10H2,1-2H3. The van der Waals surface area contributed by atoms with Gasteiger partial charge in [-0.05, 0) is 32.5 Å². The number of likely N-dealkylation sites (N-methyl/N-ethyl adjacent to an activating group) is 2. The van der Waals surface area contributed by atoms with E-state index in [9.17, 15) is 4.79 Å². The lowest BCUT2D eigenvalue weighted by Crippen LogP contribution is -2.39. The second kappa shape index (κ2) is 6.80. The number of hydrogen-bond donors (Lipinski definition) is 1. The molecule has 1 aliphatic rings. The Morgan fingerprint density at radius 3 is 2.67 bits per heavy atom. The SMILES string of the molecule is CCNCC(=O)N(C)CCN1CCCC1. The first-order chi connectivity index (χ1) is 7.24. The molecule has 0 aromatic carbocycles. The summed E-state index contributed by atoms with van der Waals surface area (Å²) in [5, 5.41) is 3.05. The fraction of sp³-hybridized carbons (Fsp3) is 0.909. The number of hydrogen-bond acceptors (Lipinski definition) is 3. The Morgan fingerprint density at radius 1 is 1.40 bits per heavy atom. The smallest absolute Gasteiger partial charge is 0.236 e. The van der Waals surface area contributed by atoms with Crippen LogP contribution in [0.25, 0.3) is 0 Å². The molecule has 1 fully saturated rings. The van der Waals surface area contributed by atoms with E-state index in [1.54, 1.807) is 0 Å². The first-order valence-electron chi connectivity index (χ1n) is 5.91. The molecule has 1 amide bonds. The minimum atomic E-state index is 0.191. The van der Waals surface area contributed by atoms with Crippen molar-refractivity contribution in [1.29, 1.82) is 0 Å². The van der Waals surface area contributed by atoms with Crippen LogP contribution >= 0.6 is 0 Å². The molecule has 0 bridgehead atoms. The van der Waals surface area contributed by atoms with Crippen molar-refractivity contribution in [2.45, 2.75) is 19.8 Å². The van der Waals surface area contributed by atoms with Gasteiger partial charge in [-0.1, -0.05) is 6.92 Å². The maximum absolute atomic E-state index is 11.6. The molecule has 15 heavy (non-hydrogen) atoms. The molecule has 4 nitrogen and oxygen atoms in total. The molecule has 4 heteroatoms. The van der Waals surface area contributed by atoms with E-state index in [2.05, 4.69) is 10.2 Å². The number of rotatable bonds is 6. The Labute approximate surface area is 92.6 Å². The third-order valence-electron chi connectivity index (χ3n) is 2.90. The lowest BCUT2D eigenvalue weighted by molar-refractivity contribution is -0.129. The summed E-state index contributed by atoms with van der Waals surface area (Å²) in [4.78, 5) is 15.8. The van der Waals surface area contributed by atoms with Crippen LogP contribution in [0.15, 0.2) is 0 Å². The summed E-state index contributed by atoms with van der Waals surface area (Å²) in [5.41, 5.74) is 0. The van der Waals surface area contributed by atoms with Gasteiger partial charge in [-0.25, -0.2) is 0 Å². The number of amides is 1. The van der Waals surface area contributed by atoms with E-state index in [4.69, 9.17) is 0 Å². The lowest BCUT2D eigenvalue weighted by Gasteiger charge is -2.21. The van der Waals surface area contributed by atoms with E-state index < -0.39 is 0 Å². The van der Waals surface area contributed by atoms with E-state index in [0.717, 1.165) is 19.6 Å². The third kappa shape index (κ3) is 4.62. The van der Waals surface area contributed by atoms with Gasteiger partial charge in [-0.15, -0.1) is 0 Å². The average molecular weight is 213 g/mol. The summed E-state index contributed by atoms with van der Waals surface area (Å²) in [5.74, 6) is 0.191. The van der Waals surface area contributed by atoms with Crippen molar-refractivity contribution in [3.63, 3.8) is 0 Å². The van der Waals surface area contributed by atoms with Crippen molar-refractivity contribution < 1.29 is 4.79 Å². The summed E-state index contributed by atoms with van der Waals surface area (Å²) < 4.78 is 0. The van der Waals surface area contributed by atoms with Crippen LogP contribution in [0.1, 0.15) is 19.8 Å². The van der Waals surface area contributed by atoms with Crippen molar-refractivity contribution in [3.05, 3.63) is 0 Å². The first kappa shape index (κ1) is 12.5. The Morgan fingerprint density at radius 2 is 2.07 bits per heavy atom. The largest absolute Gasteiger partial charge is 0.343 e. The van der Waals surface area contributed by atoms with Crippen molar-refractivity contribution >= 4 is 5.91 Å². The van der Waals surface area contributed by atoms with Crippen LogP contribution in [0, 0.1) is 0 Å². The predicted octanol–water partition coefficient (Wildman–Crippen LogP) is 0.150. The first-order valence-corrected chi connectivity index (χ1v) is 5.91. The zero-order valence-corrected chi connectivity index (χ0v) is 9.96. The van der Waals surface area contributed by atoms with Gasteiger partial charge in [-0.2, -0.15) is 0 Å². The molecule has 0 radical (unpaired) electrons. The molecule has 1 rings (SSSR count). The number of nitrogens with zero attached hydrogens (tertiary/aromatic N) is 2. The van der Waals surface area contributed by atoms with Gasteiger partial charge >= 0.3 is 0 Å². The molecule has 0 atom stereocenters. The highest BCUT2D eigenvalue weighted by atomic mass is 16.2. The molecule has 1 heterocycles. The Hall–Kier alpha value is -0.610. The van der Waals surface area contributed by atoms with E-state index in [1.807, 2.05) is 18.9 Å². The highest BCUT2D eigenvalue weighted by Crippen LogP contribution is 2.06. The van der Waals surface area contributed by atoms with E-state index in [-0.39, 0.29) is 5.91 Å². The molecule has 0 unspecified atom stereocenters. The Balaban J connectivity index is 2.10.